The fraction of sp³-hybridized carbons (Fsp3) is 0.571. The fourth-order valence-corrected chi connectivity index (χ4v) is 4.00. The average Bonchev–Trinajstić information content (AvgIpc) is 2.56. The molecule has 1 aliphatic heterocycles. The minimum absolute atomic E-state index is 0.00629. The third kappa shape index (κ3) is 3.78. The van der Waals surface area contributed by atoms with Crippen LogP contribution < -0.4 is 10.0 Å². The Balaban J connectivity index is 2.17. The van der Waals surface area contributed by atoms with E-state index in [4.69, 9.17) is 0 Å². The van der Waals surface area contributed by atoms with Gasteiger partial charge in [0.2, 0.25) is 10.0 Å². The molecule has 1 aliphatic rings. The number of nitrogens with one attached hydrogen (secondary N) is 2. The van der Waals surface area contributed by atoms with E-state index in [1.807, 2.05) is 26.0 Å². The summed E-state index contributed by atoms with van der Waals surface area (Å²) in [4.78, 5) is 0.391. The summed E-state index contributed by atoms with van der Waals surface area (Å²) in [7, 11) is -3.41. The molecule has 2 N–H and O–H groups in total. The van der Waals surface area contributed by atoms with Gasteiger partial charge in [-0.3, -0.25) is 0 Å². The second-order valence-corrected chi connectivity index (χ2v) is 6.97. The molecular weight excluding hydrogens is 260 g/mol. The van der Waals surface area contributed by atoms with Crippen molar-refractivity contribution in [2.45, 2.75) is 44.0 Å². The van der Waals surface area contributed by atoms with Gasteiger partial charge in [0.05, 0.1) is 4.90 Å². The molecule has 0 aromatic heterocycles. The Bertz CT molecular complexity index is 532. The zero-order valence-corrected chi connectivity index (χ0v) is 12.4. The first-order chi connectivity index (χ1) is 8.99. The highest BCUT2D eigenvalue weighted by atomic mass is 32.2. The molecule has 0 amide bonds. The van der Waals surface area contributed by atoms with Crippen LogP contribution in [0.15, 0.2) is 23.1 Å². The van der Waals surface area contributed by atoms with Crippen LogP contribution in [0.5, 0.6) is 0 Å². The van der Waals surface area contributed by atoms with Crippen molar-refractivity contribution in [3.05, 3.63) is 29.3 Å². The van der Waals surface area contributed by atoms with Crippen LogP contribution in [0.4, 0.5) is 0 Å². The molecule has 1 aromatic rings. The zero-order chi connectivity index (χ0) is 13.9. The van der Waals surface area contributed by atoms with Gasteiger partial charge in [-0.25, -0.2) is 13.1 Å². The van der Waals surface area contributed by atoms with Crippen LogP contribution in [0.1, 0.15) is 30.4 Å². The summed E-state index contributed by atoms with van der Waals surface area (Å²) in [6.45, 7) is 5.49. The molecule has 1 fully saturated rings. The van der Waals surface area contributed by atoms with Crippen LogP contribution in [0, 0.1) is 13.8 Å². The van der Waals surface area contributed by atoms with E-state index in [0.29, 0.717) is 11.4 Å². The van der Waals surface area contributed by atoms with Crippen molar-refractivity contribution in [1.29, 1.82) is 0 Å². The van der Waals surface area contributed by atoms with Crippen LogP contribution in [0.25, 0.3) is 0 Å². The molecule has 1 heterocycles. The van der Waals surface area contributed by atoms with Crippen LogP contribution in [0.3, 0.4) is 0 Å². The molecule has 106 valence electrons. The third-order valence-electron chi connectivity index (χ3n) is 3.49. The molecular formula is C14H22N2O2S. The van der Waals surface area contributed by atoms with E-state index in [0.717, 1.165) is 36.9 Å². The summed E-state index contributed by atoms with van der Waals surface area (Å²) in [5.41, 5.74) is 1.88. The highest BCUT2D eigenvalue weighted by molar-refractivity contribution is 7.89. The minimum atomic E-state index is -3.41. The topological polar surface area (TPSA) is 58.2 Å². The van der Waals surface area contributed by atoms with Crippen molar-refractivity contribution in [3.8, 4) is 0 Å². The van der Waals surface area contributed by atoms with E-state index in [2.05, 4.69) is 10.0 Å². The first-order valence-electron chi connectivity index (χ1n) is 6.79. The quantitative estimate of drug-likeness (QED) is 0.887. The maximum absolute atomic E-state index is 12.4. The Kier molecular flexibility index (Phi) is 4.60. The third-order valence-corrected chi connectivity index (χ3v) is 5.17. The van der Waals surface area contributed by atoms with Gasteiger partial charge in [0.15, 0.2) is 0 Å². The lowest BCUT2D eigenvalue weighted by Gasteiger charge is -2.17. The molecule has 19 heavy (non-hydrogen) atoms. The molecule has 4 nitrogen and oxygen atoms in total. The molecule has 0 radical (unpaired) electrons. The van der Waals surface area contributed by atoms with Crippen LogP contribution >= 0.6 is 0 Å². The first-order valence-corrected chi connectivity index (χ1v) is 8.28. The number of rotatable bonds is 3. The Morgan fingerprint density at radius 2 is 2.05 bits per heavy atom. The summed E-state index contributed by atoms with van der Waals surface area (Å²) in [6.07, 6.45) is 3.08. The number of sulfonamides is 1. The van der Waals surface area contributed by atoms with Crippen LogP contribution in [0.2, 0.25) is 0 Å². The van der Waals surface area contributed by atoms with Gasteiger partial charge in [-0.1, -0.05) is 24.1 Å². The SMILES string of the molecule is Cc1ccc(S(=O)(=O)NC2CCCCNC2)c(C)c1. The number of hydrogen-bond donors (Lipinski definition) is 2. The number of benzene rings is 1. The van der Waals surface area contributed by atoms with Gasteiger partial charge in [0.25, 0.3) is 0 Å². The summed E-state index contributed by atoms with van der Waals surface area (Å²) in [5.74, 6) is 0. The van der Waals surface area contributed by atoms with Crippen molar-refractivity contribution in [2.24, 2.45) is 0 Å². The highest BCUT2D eigenvalue weighted by Crippen LogP contribution is 2.17. The summed E-state index contributed by atoms with van der Waals surface area (Å²) >= 11 is 0. The van der Waals surface area contributed by atoms with Gasteiger partial charge in [-0.2, -0.15) is 0 Å². The lowest BCUT2D eigenvalue weighted by molar-refractivity contribution is 0.521. The second-order valence-electron chi connectivity index (χ2n) is 5.29. The van der Waals surface area contributed by atoms with E-state index in [-0.39, 0.29) is 6.04 Å². The molecule has 0 saturated carbocycles. The van der Waals surface area contributed by atoms with E-state index < -0.39 is 10.0 Å². The second kappa shape index (κ2) is 6.03. The molecule has 1 atom stereocenters. The normalized spacial score (nSPS) is 21.1. The highest BCUT2D eigenvalue weighted by Gasteiger charge is 2.22. The molecule has 1 aromatic carbocycles. The fourth-order valence-electron chi connectivity index (χ4n) is 2.50. The molecule has 0 aliphatic carbocycles. The monoisotopic (exact) mass is 282 g/mol. The molecule has 5 heteroatoms. The van der Waals surface area contributed by atoms with Gasteiger partial charge in [-0.05, 0) is 44.9 Å². The molecule has 1 saturated heterocycles. The summed E-state index contributed by atoms with van der Waals surface area (Å²) < 4.78 is 27.6. The van der Waals surface area contributed by atoms with Crippen molar-refractivity contribution in [1.82, 2.24) is 10.0 Å². The Morgan fingerprint density at radius 3 is 2.79 bits per heavy atom. The Morgan fingerprint density at radius 1 is 1.26 bits per heavy atom. The van der Waals surface area contributed by atoms with E-state index >= 15 is 0 Å². The maximum Gasteiger partial charge on any atom is 0.241 e. The van der Waals surface area contributed by atoms with Gasteiger partial charge in [0, 0.05) is 12.6 Å². The van der Waals surface area contributed by atoms with E-state index in [9.17, 15) is 8.42 Å². The predicted molar refractivity (Wildman–Crippen MR) is 76.7 cm³/mol. The van der Waals surface area contributed by atoms with Crippen LogP contribution in [-0.4, -0.2) is 27.5 Å². The van der Waals surface area contributed by atoms with Gasteiger partial charge < -0.3 is 5.32 Å². The van der Waals surface area contributed by atoms with E-state index in [1.165, 1.54) is 0 Å². The van der Waals surface area contributed by atoms with Gasteiger partial charge in [0.1, 0.15) is 0 Å². The lowest BCUT2D eigenvalue weighted by Crippen LogP contribution is -2.40. The zero-order valence-electron chi connectivity index (χ0n) is 11.6. The maximum atomic E-state index is 12.4. The van der Waals surface area contributed by atoms with Crippen molar-refractivity contribution in [3.63, 3.8) is 0 Å². The van der Waals surface area contributed by atoms with Crippen molar-refractivity contribution >= 4 is 10.0 Å². The number of hydrogen-bond acceptors (Lipinski definition) is 3. The van der Waals surface area contributed by atoms with Crippen molar-refractivity contribution < 1.29 is 8.42 Å². The largest absolute Gasteiger partial charge is 0.315 e. The Labute approximate surface area is 115 Å². The standard InChI is InChI=1S/C14H22N2O2S/c1-11-6-7-14(12(2)9-11)19(17,18)16-13-5-3-4-8-15-10-13/h6-7,9,13,15-16H,3-5,8,10H2,1-2H3. The lowest BCUT2D eigenvalue weighted by atomic mass is 10.2. The Hall–Kier alpha value is -0.910. The number of aryl methyl sites for hydroxylation is 2. The molecule has 1 unspecified atom stereocenters. The molecule has 2 rings (SSSR count). The summed E-state index contributed by atoms with van der Waals surface area (Å²) in [6, 6.07) is 5.43. The van der Waals surface area contributed by atoms with Gasteiger partial charge in [-0.15, -0.1) is 0 Å². The summed E-state index contributed by atoms with van der Waals surface area (Å²) in [5, 5.41) is 3.27. The molecule has 0 bridgehead atoms. The smallest absolute Gasteiger partial charge is 0.241 e. The molecule has 0 spiro atoms. The minimum Gasteiger partial charge on any atom is -0.315 e. The van der Waals surface area contributed by atoms with Crippen molar-refractivity contribution in [2.75, 3.05) is 13.1 Å². The average molecular weight is 282 g/mol. The van der Waals surface area contributed by atoms with Gasteiger partial charge >= 0.3 is 0 Å². The van der Waals surface area contributed by atoms with Crippen LogP contribution in [-0.2, 0) is 10.0 Å². The van der Waals surface area contributed by atoms with E-state index in [1.54, 1.807) is 6.07 Å². The first kappa shape index (κ1) is 14.5. The predicted octanol–water partition coefficient (Wildman–Crippen LogP) is 1.72.